The number of amides is 1. The molecule has 0 saturated carbocycles. The molecule has 2 atom stereocenters. The molecule has 1 saturated heterocycles. The Bertz CT molecular complexity index is 231. The van der Waals surface area contributed by atoms with Gasteiger partial charge in [0.05, 0.1) is 6.10 Å². The van der Waals surface area contributed by atoms with Crippen molar-refractivity contribution in [3.8, 4) is 0 Å². The fraction of sp³-hybridized carbons (Fsp3) is 0.917. The number of aliphatic hydroxyl groups excluding tert-OH is 1. The fourth-order valence-corrected chi connectivity index (χ4v) is 1.99. The molecule has 0 aromatic carbocycles. The number of nitrogens with zero attached hydrogens (tertiary/aromatic N) is 1. The quantitative estimate of drug-likeness (QED) is 0.700. The average molecular weight is 228 g/mol. The number of hydrogen-bond donors (Lipinski definition) is 2. The highest BCUT2D eigenvalue weighted by Crippen LogP contribution is 2.20. The van der Waals surface area contributed by atoms with E-state index < -0.39 is 6.10 Å². The predicted octanol–water partition coefficient (Wildman–Crippen LogP) is 0.604. The van der Waals surface area contributed by atoms with Crippen LogP contribution in [0.25, 0.3) is 0 Å². The lowest BCUT2D eigenvalue weighted by atomic mass is 10.1. The first-order valence-electron chi connectivity index (χ1n) is 6.22. The normalized spacial score (nSPS) is 23.2. The Morgan fingerprint density at radius 3 is 2.75 bits per heavy atom. The second-order valence-electron chi connectivity index (χ2n) is 4.99. The molecule has 1 fully saturated rings. The summed E-state index contributed by atoms with van der Waals surface area (Å²) >= 11 is 0. The van der Waals surface area contributed by atoms with Gasteiger partial charge in [0.2, 0.25) is 5.91 Å². The van der Waals surface area contributed by atoms with Crippen molar-refractivity contribution < 1.29 is 9.90 Å². The molecule has 16 heavy (non-hydrogen) atoms. The molecule has 0 aromatic rings. The van der Waals surface area contributed by atoms with Gasteiger partial charge in [-0.05, 0) is 5.92 Å². The van der Waals surface area contributed by atoms with E-state index in [2.05, 4.69) is 12.2 Å². The summed E-state index contributed by atoms with van der Waals surface area (Å²) in [7, 11) is 0. The van der Waals surface area contributed by atoms with Crippen molar-refractivity contribution in [2.75, 3.05) is 19.6 Å². The second kappa shape index (κ2) is 6.21. The third-order valence-corrected chi connectivity index (χ3v) is 3.06. The minimum atomic E-state index is -0.457. The summed E-state index contributed by atoms with van der Waals surface area (Å²) in [5, 5.41) is 13.0. The minimum absolute atomic E-state index is 0.190. The number of carbonyl (C=O) groups excluding carboxylic acids is 1. The van der Waals surface area contributed by atoms with E-state index in [-0.39, 0.29) is 5.91 Å². The molecule has 0 bridgehead atoms. The van der Waals surface area contributed by atoms with Gasteiger partial charge in [0, 0.05) is 32.1 Å². The highest BCUT2D eigenvalue weighted by molar-refractivity contribution is 5.78. The first kappa shape index (κ1) is 13.5. The molecule has 1 amide bonds. The van der Waals surface area contributed by atoms with Crippen molar-refractivity contribution in [2.24, 2.45) is 5.92 Å². The lowest BCUT2D eigenvalue weighted by Crippen LogP contribution is -2.40. The Morgan fingerprint density at radius 2 is 2.25 bits per heavy atom. The minimum Gasteiger partial charge on any atom is -0.390 e. The van der Waals surface area contributed by atoms with Crippen molar-refractivity contribution in [1.82, 2.24) is 10.2 Å². The number of β-amino-alcohol motifs (C(OH)–C–C–N with tert-alkyl or cyclic N) is 1. The van der Waals surface area contributed by atoms with Gasteiger partial charge in [-0.25, -0.2) is 0 Å². The molecule has 94 valence electrons. The van der Waals surface area contributed by atoms with Crippen LogP contribution in [0.4, 0.5) is 0 Å². The molecule has 4 heteroatoms. The van der Waals surface area contributed by atoms with Crippen LogP contribution in [-0.2, 0) is 4.79 Å². The Morgan fingerprint density at radius 1 is 1.56 bits per heavy atom. The smallest absolute Gasteiger partial charge is 0.223 e. The monoisotopic (exact) mass is 228 g/mol. The highest BCUT2D eigenvalue weighted by Gasteiger charge is 2.29. The van der Waals surface area contributed by atoms with Crippen LogP contribution < -0.4 is 5.32 Å². The summed E-state index contributed by atoms with van der Waals surface area (Å²) in [6.07, 6.45) is 1.24. The number of aliphatic hydroxyl groups is 1. The van der Waals surface area contributed by atoms with Crippen molar-refractivity contribution in [2.45, 2.75) is 45.8 Å². The number of hydrogen-bond acceptors (Lipinski definition) is 3. The Kier molecular flexibility index (Phi) is 5.22. The van der Waals surface area contributed by atoms with Gasteiger partial charge in [-0.1, -0.05) is 27.2 Å². The predicted molar refractivity (Wildman–Crippen MR) is 64.1 cm³/mol. The summed E-state index contributed by atoms with van der Waals surface area (Å²) in [4.78, 5) is 13.4. The second-order valence-corrected chi connectivity index (χ2v) is 4.99. The topological polar surface area (TPSA) is 52.6 Å². The molecule has 0 radical (unpaired) electrons. The van der Waals surface area contributed by atoms with E-state index in [0.717, 1.165) is 13.0 Å². The molecule has 0 aliphatic carbocycles. The van der Waals surface area contributed by atoms with Gasteiger partial charge in [-0.2, -0.15) is 0 Å². The summed E-state index contributed by atoms with van der Waals surface area (Å²) in [6, 6.07) is 0.368. The summed E-state index contributed by atoms with van der Waals surface area (Å²) in [6.45, 7) is 8.03. The van der Waals surface area contributed by atoms with Crippen LogP contribution in [0, 0.1) is 5.92 Å². The Labute approximate surface area is 98.0 Å². The van der Waals surface area contributed by atoms with Gasteiger partial charge < -0.3 is 15.3 Å². The van der Waals surface area contributed by atoms with Crippen LogP contribution in [0.1, 0.15) is 33.6 Å². The first-order chi connectivity index (χ1) is 7.52. The molecule has 1 aliphatic rings. The third kappa shape index (κ3) is 4.10. The Balaban J connectivity index is 2.28. The van der Waals surface area contributed by atoms with Gasteiger partial charge in [0.1, 0.15) is 0 Å². The molecule has 0 spiro atoms. The molecule has 2 unspecified atom stereocenters. The molecule has 1 aliphatic heterocycles. The number of rotatable bonds is 6. The summed E-state index contributed by atoms with van der Waals surface area (Å²) < 4.78 is 0. The van der Waals surface area contributed by atoms with Crippen molar-refractivity contribution in [3.63, 3.8) is 0 Å². The van der Waals surface area contributed by atoms with E-state index in [0.29, 0.717) is 31.5 Å². The van der Waals surface area contributed by atoms with E-state index >= 15 is 0 Å². The number of nitrogens with one attached hydrogen (secondary N) is 1. The van der Waals surface area contributed by atoms with Gasteiger partial charge in [-0.3, -0.25) is 4.79 Å². The molecule has 1 rings (SSSR count). The molecule has 4 nitrogen and oxygen atoms in total. The number of likely N-dealkylation sites (tertiary alicyclic amines) is 1. The maximum absolute atomic E-state index is 11.6. The molecule has 2 N–H and O–H groups in total. The third-order valence-electron chi connectivity index (χ3n) is 3.06. The van der Waals surface area contributed by atoms with E-state index in [1.54, 1.807) is 4.90 Å². The summed E-state index contributed by atoms with van der Waals surface area (Å²) in [5.41, 5.74) is 0. The van der Waals surface area contributed by atoms with E-state index in [4.69, 9.17) is 0 Å². The number of carbonyl (C=O) groups is 1. The SMILES string of the molecule is CCC1CC(=O)N(CC(O)CNC(C)C)C1. The van der Waals surface area contributed by atoms with Gasteiger partial charge in [-0.15, -0.1) is 0 Å². The largest absolute Gasteiger partial charge is 0.390 e. The van der Waals surface area contributed by atoms with Gasteiger partial charge in [0.25, 0.3) is 0 Å². The van der Waals surface area contributed by atoms with Crippen LogP contribution in [0.3, 0.4) is 0 Å². The zero-order valence-corrected chi connectivity index (χ0v) is 10.6. The standard InChI is InChI=1S/C12H24N2O2/c1-4-10-5-12(16)14(7-10)8-11(15)6-13-9(2)3/h9-11,13,15H,4-8H2,1-3H3. The average Bonchev–Trinajstić information content (AvgIpc) is 2.57. The Hall–Kier alpha value is -0.610. The van der Waals surface area contributed by atoms with Crippen molar-refractivity contribution >= 4 is 5.91 Å². The van der Waals surface area contributed by atoms with E-state index in [1.165, 1.54) is 0 Å². The van der Waals surface area contributed by atoms with Crippen molar-refractivity contribution in [3.05, 3.63) is 0 Å². The first-order valence-corrected chi connectivity index (χ1v) is 6.22. The highest BCUT2D eigenvalue weighted by atomic mass is 16.3. The van der Waals surface area contributed by atoms with Crippen molar-refractivity contribution in [1.29, 1.82) is 0 Å². The lowest BCUT2D eigenvalue weighted by Gasteiger charge is -2.21. The molecule has 1 heterocycles. The van der Waals surface area contributed by atoms with Gasteiger partial charge >= 0.3 is 0 Å². The fourth-order valence-electron chi connectivity index (χ4n) is 1.99. The van der Waals surface area contributed by atoms with E-state index in [9.17, 15) is 9.90 Å². The summed E-state index contributed by atoms with van der Waals surface area (Å²) in [5.74, 6) is 0.674. The zero-order valence-electron chi connectivity index (χ0n) is 10.6. The van der Waals surface area contributed by atoms with Gasteiger partial charge in [0.15, 0.2) is 0 Å². The van der Waals surface area contributed by atoms with Crippen LogP contribution >= 0.6 is 0 Å². The maximum Gasteiger partial charge on any atom is 0.223 e. The van der Waals surface area contributed by atoms with Crippen LogP contribution in [-0.4, -0.2) is 47.7 Å². The lowest BCUT2D eigenvalue weighted by molar-refractivity contribution is -0.128. The maximum atomic E-state index is 11.6. The van der Waals surface area contributed by atoms with Crippen LogP contribution in [0.2, 0.25) is 0 Å². The van der Waals surface area contributed by atoms with Crippen LogP contribution in [0.15, 0.2) is 0 Å². The molecular weight excluding hydrogens is 204 g/mol. The van der Waals surface area contributed by atoms with Crippen LogP contribution in [0.5, 0.6) is 0 Å². The molecular formula is C12H24N2O2. The van der Waals surface area contributed by atoms with E-state index in [1.807, 2.05) is 13.8 Å². The molecule has 0 aromatic heterocycles. The zero-order chi connectivity index (χ0) is 12.1.